The van der Waals surface area contributed by atoms with Gasteiger partial charge >= 0.3 is 5.97 Å². The molecule has 11 heteroatoms. The Morgan fingerprint density at radius 1 is 1.24 bits per heavy atom. The Morgan fingerprint density at radius 2 is 1.88 bits per heavy atom. The van der Waals surface area contributed by atoms with E-state index in [0.29, 0.717) is 0 Å². The molecule has 0 heterocycles. The highest BCUT2D eigenvalue weighted by Crippen LogP contribution is 2.21. The molecule has 0 saturated carbocycles. The summed E-state index contributed by atoms with van der Waals surface area (Å²) in [5.74, 6) is -1.94. The first-order chi connectivity index (χ1) is 11.6. The number of benzene rings is 1. The molecule has 25 heavy (non-hydrogen) atoms. The molecule has 0 bridgehead atoms. The van der Waals surface area contributed by atoms with E-state index in [1.165, 1.54) is 33.3 Å². The molecular formula is C14H18ClN3O6S. The molecule has 1 rings (SSSR count). The maximum absolute atomic E-state index is 12.1. The zero-order valence-corrected chi connectivity index (χ0v) is 15.4. The molecule has 1 aromatic rings. The quantitative estimate of drug-likeness (QED) is 0.610. The van der Waals surface area contributed by atoms with Crippen LogP contribution in [0.5, 0.6) is 0 Å². The fraction of sp³-hybridized carbons (Fsp3) is 0.357. The van der Waals surface area contributed by atoms with Crippen LogP contribution < -0.4 is 10.0 Å². The molecule has 0 radical (unpaired) electrons. The molecule has 9 nitrogen and oxygen atoms in total. The normalized spacial score (nSPS) is 10.9. The molecule has 0 unspecified atom stereocenters. The lowest BCUT2D eigenvalue weighted by Gasteiger charge is -2.16. The van der Waals surface area contributed by atoms with Gasteiger partial charge in [-0.2, -0.15) is 0 Å². The molecule has 0 aliphatic rings. The van der Waals surface area contributed by atoms with Gasteiger partial charge < -0.3 is 15.0 Å². The second kappa shape index (κ2) is 8.79. The first-order valence-electron chi connectivity index (χ1n) is 6.97. The average molecular weight is 392 g/mol. The van der Waals surface area contributed by atoms with E-state index in [4.69, 9.17) is 16.3 Å². The molecule has 0 spiro atoms. The number of amides is 2. The molecule has 1 aromatic carbocycles. The minimum atomic E-state index is -3.77. The fourth-order valence-corrected chi connectivity index (χ4v) is 2.59. The number of nitrogens with one attached hydrogen (secondary N) is 2. The number of halogens is 1. The first-order valence-corrected chi connectivity index (χ1v) is 8.83. The summed E-state index contributed by atoms with van der Waals surface area (Å²) in [6.45, 7) is -0.810. The maximum atomic E-state index is 12.1. The van der Waals surface area contributed by atoms with E-state index < -0.39 is 28.5 Å². The second-order valence-corrected chi connectivity index (χ2v) is 7.14. The molecule has 0 atom stereocenters. The number of hydrogen-bond donors (Lipinski definition) is 2. The van der Waals surface area contributed by atoms with Crippen LogP contribution in [0.4, 0.5) is 0 Å². The zero-order valence-electron chi connectivity index (χ0n) is 13.8. The van der Waals surface area contributed by atoms with Gasteiger partial charge in [0.15, 0.2) is 6.61 Å². The van der Waals surface area contributed by atoms with Crippen LogP contribution in [0.1, 0.15) is 10.4 Å². The third-order valence-electron chi connectivity index (χ3n) is 3.15. The zero-order chi connectivity index (χ0) is 19.2. The van der Waals surface area contributed by atoms with Crippen molar-refractivity contribution in [1.29, 1.82) is 0 Å². The van der Waals surface area contributed by atoms with E-state index in [0.717, 1.165) is 11.0 Å². The van der Waals surface area contributed by atoms with Crippen LogP contribution in [-0.4, -0.2) is 65.4 Å². The van der Waals surface area contributed by atoms with Crippen molar-refractivity contribution in [3.63, 3.8) is 0 Å². The van der Waals surface area contributed by atoms with Gasteiger partial charge in [0.1, 0.15) is 0 Å². The van der Waals surface area contributed by atoms with Crippen LogP contribution in [0.25, 0.3) is 0 Å². The molecule has 0 aliphatic heterocycles. The van der Waals surface area contributed by atoms with E-state index in [1.807, 2.05) is 0 Å². The van der Waals surface area contributed by atoms with Gasteiger partial charge in [-0.15, -0.1) is 0 Å². The minimum absolute atomic E-state index is 0.0220. The Bertz CT molecular complexity index is 781. The number of hydrogen-bond acceptors (Lipinski definition) is 6. The summed E-state index contributed by atoms with van der Waals surface area (Å²) in [5, 5.41) is 2.33. The van der Waals surface area contributed by atoms with Crippen molar-refractivity contribution < 1.29 is 27.5 Å². The predicted molar refractivity (Wildman–Crippen MR) is 89.7 cm³/mol. The van der Waals surface area contributed by atoms with Crippen LogP contribution in [0, 0.1) is 0 Å². The molecule has 2 N–H and O–H groups in total. The number of ether oxygens (including phenoxy) is 1. The van der Waals surface area contributed by atoms with Gasteiger partial charge in [-0.25, -0.2) is 17.9 Å². The van der Waals surface area contributed by atoms with E-state index in [1.54, 1.807) is 0 Å². The van der Waals surface area contributed by atoms with Crippen molar-refractivity contribution in [3.05, 3.63) is 28.8 Å². The van der Waals surface area contributed by atoms with Crippen molar-refractivity contribution >= 4 is 39.4 Å². The number of carbonyl (C=O) groups is 3. The number of esters is 1. The number of rotatable bonds is 7. The lowest BCUT2D eigenvalue weighted by atomic mass is 10.2. The van der Waals surface area contributed by atoms with Crippen LogP contribution in [0.15, 0.2) is 23.1 Å². The Labute approximate surface area is 150 Å². The van der Waals surface area contributed by atoms with E-state index in [2.05, 4.69) is 10.0 Å². The highest BCUT2D eigenvalue weighted by atomic mass is 35.5. The highest BCUT2D eigenvalue weighted by Gasteiger charge is 2.20. The van der Waals surface area contributed by atoms with Crippen LogP contribution in [-0.2, 0) is 24.3 Å². The van der Waals surface area contributed by atoms with Gasteiger partial charge in [0.2, 0.25) is 15.9 Å². The van der Waals surface area contributed by atoms with Crippen molar-refractivity contribution in [2.24, 2.45) is 0 Å². The van der Waals surface area contributed by atoms with E-state index >= 15 is 0 Å². The summed E-state index contributed by atoms with van der Waals surface area (Å²) in [6, 6.07) is 3.52. The molecule has 2 amide bonds. The molecule has 0 saturated heterocycles. The number of nitrogens with zero attached hydrogens (tertiary/aromatic N) is 1. The van der Waals surface area contributed by atoms with Gasteiger partial charge in [0.05, 0.1) is 22.0 Å². The maximum Gasteiger partial charge on any atom is 0.340 e. The molecule has 0 fully saturated rings. The molecule has 0 aromatic heterocycles. The van der Waals surface area contributed by atoms with Gasteiger partial charge in [-0.05, 0) is 25.2 Å². The molecular weight excluding hydrogens is 374 g/mol. The standard InChI is InChI=1S/C14H18ClN3O6S/c1-16-12(19)7-18(3)13(20)8-24-14(21)10-6-9(4-5-11(10)15)25(22,23)17-2/h4-6,17H,7-8H2,1-3H3,(H,16,19). The Hall–Kier alpha value is -2.17. The Balaban J connectivity index is 2.83. The second-order valence-electron chi connectivity index (χ2n) is 4.85. The topological polar surface area (TPSA) is 122 Å². The van der Waals surface area contributed by atoms with Crippen molar-refractivity contribution in [1.82, 2.24) is 14.9 Å². The summed E-state index contributed by atoms with van der Waals surface area (Å²) in [5.41, 5.74) is -0.195. The Kier molecular flexibility index (Phi) is 7.34. The lowest BCUT2D eigenvalue weighted by molar-refractivity contribution is -0.137. The predicted octanol–water partition coefficient (Wildman–Crippen LogP) is -0.391. The Morgan fingerprint density at radius 3 is 2.44 bits per heavy atom. The average Bonchev–Trinajstić information content (AvgIpc) is 2.59. The van der Waals surface area contributed by atoms with Gasteiger partial charge in [0.25, 0.3) is 5.91 Å². The van der Waals surface area contributed by atoms with Crippen molar-refractivity contribution in [3.8, 4) is 0 Å². The van der Waals surface area contributed by atoms with Crippen LogP contribution >= 0.6 is 11.6 Å². The van der Waals surface area contributed by atoms with Crippen LogP contribution in [0.3, 0.4) is 0 Å². The van der Waals surface area contributed by atoms with E-state index in [9.17, 15) is 22.8 Å². The number of carbonyl (C=O) groups excluding carboxylic acids is 3. The summed E-state index contributed by atoms with van der Waals surface area (Å²) < 4.78 is 30.5. The summed E-state index contributed by atoms with van der Waals surface area (Å²) in [7, 11) is 0.256. The van der Waals surface area contributed by atoms with Crippen molar-refractivity contribution in [2.75, 3.05) is 34.3 Å². The van der Waals surface area contributed by atoms with Crippen molar-refractivity contribution in [2.45, 2.75) is 4.90 Å². The highest BCUT2D eigenvalue weighted by molar-refractivity contribution is 7.89. The fourth-order valence-electron chi connectivity index (χ4n) is 1.64. The number of sulfonamides is 1. The summed E-state index contributed by atoms with van der Waals surface area (Å²) >= 11 is 5.89. The largest absolute Gasteiger partial charge is 0.452 e. The molecule has 138 valence electrons. The van der Waals surface area contributed by atoms with Crippen LogP contribution in [0.2, 0.25) is 5.02 Å². The summed E-state index contributed by atoms with van der Waals surface area (Å²) in [6.07, 6.45) is 0. The monoisotopic (exact) mass is 391 g/mol. The first kappa shape index (κ1) is 20.9. The van der Waals surface area contributed by atoms with Gasteiger partial charge in [0, 0.05) is 14.1 Å². The van der Waals surface area contributed by atoms with Gasteiger partial charge in [-0.1, -0.05) is 11.6 Å². The minimum Gasteiger partial charge on any atom is -0.452 e. The summed E-state index contributed by atoms with van der Waals surface area (Å²) in [4.78, 5) is 36.0. The third kappa shape index (κ3) is 5.69. The molecule has 0 aliphatic carbocycles. The number of likely N-dealkylation sites (N-methyl/N-ethyl adjacent to an activating group) is 2. The SMILES string of the molecule is CNC(=O)CN(C)C(=O)COC(=O)c1cc(S(=O)(=O)NC)ccc1Cl. The third-order valence-corrected chi connectivity index (χ3v) is 4.89. The van der Waals surface area contributed by atoms with E-state index in [-0.39, 0.29) is 27.9 Å². The smallest absolute Gasteiger partial charge is 0.340 e. The lowest BCUT2D eigenvalue weighted by Crippen LogP contribution is -2.39. The van der Waals surface area contributed by atoms with Gasteiger partial charge in [-0.3, -0.25) is 9.59 Å².